The number of ketones is 1. The Morgan fingerprint density at radius 2 is 2.20 bits per heavy atom. The number of anilines is 2. The summed E-state index contributed by atoms with van der Waals surface area (Å²) >= 11 is 3.44. The van der Waals surface area contributed by atoms with Crippen LogP contribution in [0.5, 0.6) is 5.75 Å². The Morgan fingerprint density at radius 3 is 2.75 bits per heavy atom. The first-order chi connectivity index (χ1) is 9.40. The van der Waals surface area contributed by atoms with E-state index in [0.29, 0.717) is 21.6 Å². The number of nitrogen functional groups attached to an aromatic ring is 1. The molecule has 0 saturated carbocycles. The van der Waals surface area contributed by atoms with Crippen molar-refractivity contribution in [2.45, 2.75) is 39.0 Å². The highest BCUT2D eigenvalue weighted by Crippen LogP contribution is 2.46. The number of nitrogens with two attached hydrogens (primary N) is 1. The lowest BCUT2D eigenvalue weighted by atomic mass is 10.3. The molecule has 1 aliphatic rings. The standard InChI is InChI=1S/C14H22N2O2S2/c1-8(2)18-12-11(15)13(10(4)17)20-14(12)16-5-6-19-9(3)7-16/h8-9H,5-7,15H2,1-4H3. The van der Waals surface area contributed by atoms with Crippen molar-refractivity contribution in [2.75, 3.05) is 29.5 Å². The molecule has 2 rings (SSSR count). The number of rotatable bonds is 4. The molecule has 1 atom stereocenters. The van der Waals surface area contributed by atoms with Gasteiger partial charge < -0.3 is 15.4 Å². The monoisotopic (exact) mass is 314 g/mol. The zero-order valence-electron chi connectivity index (χ0n) is 12.4. The summed E-state index contributed by atoms with van der Waals surface area (Å²) < 4.78 is 5.88. The Kier molecular flexibility index (Phi) is 4.86. The number of Topliss-reactive ketones (excluding diaryl/α,β-unsaturated/α-hetero) is 1. The molecule has 1 fully saturated rings. The van der Waals surface area contributed by atoms with Crippen molar-refractivity contribution < 1.29 is 9.53 Å². The molecule has 112 valence electrons. The van der Waals surface area contributed by atoms with Crippen LogP contribution in [0.1, 0.15) is 37.4 Å². The maximum atomic E-state index is 11.7. The van der Waals surface area contributed by atoms with Crippen molar-refractivity contribution in [3.63, 3.8) is 0 Å². The third-order valence-corrected chi connectivity index (χ3v) is 5.57. The lowest BCUT2D eigenvalue weighted by Crippen LogP contribution is -2.36. The topological polar surface area (TPSA) is 55.6 Å². The minimum Gasteiger partial charge on any atom is -0.486 e. The van der Waals surface area contributed by atoms with Crippen LogP contribution in [0.15, 0.2) is 0 Å². The third-order valence-electron chi connectivity index (χ3n) is 3.08. The van der Waals surface area contributed by atoms with Crippen LogP contribution in [0.3, 0.4) is 0 Å². The molecule has 20 heavy (non-hydrogen) atoms. The molecule has 0 radical (unpaired) electrons. The zero-order valence-corrected chi connectivity index (χ0v) is 14.1. The van der Waals surface area contributed by atoms with Crippen LogP contribution in [0, 0.1) is 0 Å². The number of carbonyl (C=O) groups is 1. The Bertz CT molecular complexity index is 500. The summed E-state index contributed by atoms with van der Waals surface area (Å²) in [6, 6.07) is 0. The van der Waals surface area contributed by atoms with E-state index in [2.05, 4.69) is 11.8 Å². The summed E-state index contributed by atoms with van der Waals surface area (Å²) in [4.78, 5) is 14.6. The first-order valence-corrected chi connectivity index (χ1v) is 8.73. The summed E-state index contributed by atoms with van der Waals surface area (Å²) in [5.41, 5.74) is 6.62. The van der Waals surface area contributed by atoms with Gasteiger partial charge in [0.05, 0.1) is 16.7 Å². The van der Waals surface area contributed by atoms with Crippen LogP contribution in [0.25, 0.3) is 0 Å². The average molecular weight is 314 g/mol. The van der Waals surface area contributed by atoms with Gasteiger partial charge in [-0.05, 0) is 13.8 Å². The summed E-state index contributed by atoms with van der Waals surface area (Å²) in [5.74, 6) is 1.79. The van der Waals surface area contributed by atoms with Gasteiger partial charge in [-0.2, -0.15) is 11.8 Å². The van der Waals surface area contributed by atoms with Crippen molar-refractivity contribution in [1.29, 1.82) is 0 Å². The number of hydrogen-bond acceptors (Lipinski definition) is 6. The number of thioether (sulfide) groups is 1. The Morgan fingerprint density at radius 1 is 1.50 bits per heavy atom. The van der Waals surface area contributed by atoms with Crippen LogP contribution in [-0.2, 0) is 0 Å². The molecule has 0 amide bonds. The second-order valence-electron chi connectivity index (χ2n) is 5.33. The van der Waals surface area contributed by atoms with Crippen LogP contribution in [-0.4, -0.2) is 36.0 Å². The van der Waals surface area contributed by atoms with E-state index in [4.69, 9.17) is 10.5 Å². The number of ether oxygens (including phenoxy) is 1. The van der Waals surface area contributed by atoms with Crippen molar-refractivity contribution in [3.8, 4) is 5.75 Å². The van der Waals surface area contributed by atoms with Gasteiger partial charge in [-0.15, -0.1) is 11.3 Å². The SMILES string of the molecule is CC(=O)c1sc(N2CCSC(C)C2)c(OC(C)C)c1N. The van der Waals surface area contributed by atoms with E-state index in [1.165, 1.54) is 11.3 Å². The van der Waals surface area contributed by atoms with E-state index in [1.807, 2.05) is 25.6 Å². The number of thiophene rings is 1. The van der Waals surface area contributed by atoms with Gasteiger partial charge in [0.2, 0.25) is 0 Å². The van der Waals surface area contributed by atoms with Gasteiger partial charge in [-0.3, -0.25) is 4.79 Å². The molecule has 1 saturated heterocycles. The predicted molar refractivity (Wildman–Crippen MR) is 88.6 cm³/mol. The predicted octanol–water partition coefficient (Wildman–Crippen LogP) is 3.26. The van der Waals surface area contributed by atoms with Crippen LogP contribution in [0.4, 0.5) is 10.7 Å². The fourth-order valence-corrected chi connectivity index (χ4v) is 4.34. The molecule has 4 nitrogen and oxygen atoms in total. The minimum atomic E-state index is 0.00629. The second-order valence-corrected chi connectivity index (χ2v) is 7.87. The van der Waals surface area contributed by atoms with E-state index < -0.39 is 0 Å². The Labute approximate surface area is 128 Å². The highest BCUT2D eigenvalue weighted by Gasteiger charge is 2.27. The molecular formula is C14H22N2O2S2. The zero-order chi connectivity index (χ0) is 14.9. The van der Waals surface area contributed by atoms with Crippen LogP contribution >= 0.6 is 23.1 Å². The van der Waals surface area contributed by atoms with Gasteiger partial charge >= 0.3 is 0 Å². The van der Waals surface area contributed by atoms with Crippen molar-refractivity contribution >= 4 is 39.6 Å². The fraction of sp³-hybridized carbons (Fsp3) is 0.643. The Balaban J connectivity index is 2.39. The molecule has 1 aliphatic heterocycles. The quantitative estimate of drug-likeness (QED) is 0.865. The molecular weight excluding hydrogens is 292 g/mol. The van der Waals surface area contributed by atoms with Crippen LogP contribution in [0.2, 0.25) is 0 Å². The van der Waals surface area contributed by atoms with Gasteiger partial charge in [0, 0.05) is 31.0 Å². The van der Waals surface area contributed by atoms with Gasteiger partial charge in [-0.1, -0.05) is 6.92 Å². The minimum absolute atomic E-state index is 0.00629. The van der Waals surface area contributed by atoms with Crippen molar-refractivity contribution in [3.05, 3.63) is 4.88 Å². The lowest BCUT2D eigenvalue weighted by molar-refractivity contribution is 0.102. The van der Waals surface area contributed by atoms with E-state index in [9.17, 15) is 4.79 Å². The lowest BCUT2D eigenvalue weighted by Gasteiger charge is -2.32. The summed E-state index contributed by atoms with van der Waals surface area (Å²) in [6.07, 6.45) is 0.0436. The Hall–Kier alpha value is -0.880. The molecule has 0 spiro atoms. The molecule has 0 bridgehead atoms. The normalized spacial score (nSPS) is 19.4. The summed E-state index contributed by atoms with van der Waals surface area (Å²) in [5, 5.41) is 1.59. The maximum Gasteiger partial charge on any atom is 0.177 e. The number of hydrogen-bond donors (Lipinski definition) is 1. The molecule has 1 unspecified atom stereocenters. The van der Waals surface area contributed by atoms with Crippen molar-refractivity contribution in [1.82, 2.24) is 0 Å². The largest absolute Gasteiger partial charge is 0.486 e. The highest BCUT2D eigenvalue weighted by molar-refractivity contribution is 8.00. The van der Waals surface area contributed by atoms with Gasteiger partial charge in [0.1, 0.15) is 5.00 Å². The summed E-state index contributed by atoms with van der Waals surface area (Å²) in [6.45, 7) is 9.67. The van der Waals surface area contributed by atoms with E-state index in [1.54, 1.807) is 6.92 Å². The molecule has 1 aromatic rings. The van der Waals surface area contributed by atoms with Crippen LogP contribution < -0.4 is 15.4 Å². The maximum absolute atomic E-state index is 11.7. The van der Waals surface area contributed by atoms with Gasteiger partial charge in [-0.25, -0.2) is 0 Å². The van der Waals surface area contributed by atoms with E-state index in [-0.39, 0.29) is 11.9 Å². The first kappa shape index (κ1) is 15.5. The average Bonchev–Trinajstić information content (AvgIpc) is 2.67. The molecule has 2 heterocycles. The molecule has 0 aromatic carbocycles. The number of nitrogens with zero attached hydrogens (tertiary/aromatic N) is 1. The van der Waals surface area contributed by atoms with E-state index >= 15 is 0 Å². The second kappa shape index (κ2) is 6.26. The number of carbonyl (C=O) groups excluding carboxylic acids is 1. The van der Waals surface area contributed by atoms with Gasteiger partial charge in [0.15, 0.2) is 11.5 Å². The molecule has 2 N–H and O–H groups in total. The molecule has 0 aliphatic carbocycles. The van der Waals surface area contributed by atoms with Gasteiger partial charge in [0.25, 0.3) is 0 Å². The van der Waals surface area contributed by atoms with E-state index in [0.717, 1.165) is 23.8 Å². The smallest absolute Gasteiger partial charge is 0.177 e. The highest BCUT2D eigenvalue weighted by atomic mass is 32.2. The molecule has 6 heteroatoms. The third kappa shape index (κ3) is 3.23. The van der Waals surface area contributed by atoms with Crippen molar-refractivity contribution in [2.24, 2.45) is 0 Å². The first-order valence-electron chi connectivity index (χ1n) is 6.86. The fourth-order valence-electron chi connectivity index (χ4n) is 2.24. The molecule has 1 aromatic heterocycles. The summed E-state index contributed by atoms with van der Waals surface area (Å²) in [7, 11) is 0.